The number of nitrogens with zero attached hydrogens (tertiary/aromatic N) is 1. The van der Waals surface area contributed by atoms with Gasteiger partial charge in [0.25, 0.3) is 5.91 Å². The van der Waals surface area contributed by atoms with Crippen molar-refractivity contribution in [3.63, 3.8) is 0 Å². The third-order valence-electron chi connectivity index (χ3n) is 2.93. The van der Waals surface area contributed by atoms with Gasteiger partial charge in [0.2, 0.25) is 0 Å². The molecule has 1 heterocycles. The number of anilines is 1. The van der Waals surface area contributed by atoms with Gasteiger partial charge in [-0.25, -0.2) is 0 Å². The van der Waals surface area contributed by atoms with Crippen LogP contribution >= 0.6 is 11.8 Å². The smallest absolute Gasteiger partial charge is 0.253 e. The molecule has 0 atom stereocenters. The van der Waals surface area contributed by atoms with Gasteiger partial charge in [-0.2, -0.15) is 11.8 Å². The van der Waals surface area contributed by atoms with Gasteiger partial charge in [-0.3, -0.25) is 4.79 Å². The molecule has 1 amide bonds. The Morgan fingerprint density at radius 3 is 2.71 bits per heavy atom. The molecular formula is C13H18N2OS. The molecule has 2 rings (SSSR count). The minimum absolute atomic E-state index is 0.162. The maximum absolute atomic E-state index is 12.2. The lowest BCUT2D eigenvalue weighted by atomic mass is 10.1. The predicted octanol–water partition coefficient (Wildman–Crippen LogP) is 2.31. The zero-order chi connectivity index (χ0) is 12.1. The summed E-state index contributed by atoms with van der Waals surface area (Å²) in [6, 6.07) is 7.68. The molecule has 0 aromatic heterocycles. The maximum Gasteiger partial charge on any atom is 0.253 e. The summed E-state index contributed by atoms with van der Waals surface area (Å²) in [5.74, 6) is 2.39. The van der Waals surface area contributed by atoms with Crippen LogP contribution in [0.4, 0.5) is 5.69 Å². The molecule has 1 aromatic rings. The van der Waals surface area contributed by atoms with Crippen molar-refractivity contribution < 1.29 is 4.79 Å². The normalized spacial score (nSPS) is 16.4. The highest BCUT2D eigenvalue weighted by Crippen LogP contribution is 2.15. The van der Waals surface area contributed by atoms with Crippen molar-refractivity contribution in [2.45, 2.75) is 6.42 Å². The van der Waals surface area contributed by atoms with Crippen LogP contribution in [0.1, 0.15) is 16.8 Å². The van der Waals surface area contributed by atoms with Crippen molar-refractivity contribution >= 4 is 23.4 Å². The monoisotopic (exact) mass is 250 g/mol. The zero-order valence-corrected chi connectivity index (χ0v) is 10.9. The molecule has 1 saturated heterocycles. The van der Waals surface area contributed by atoms with Gasteiger partial charge < -0.3 is 10.2 Å². The number of rotatable bonds is 2. The minimum atomic E-state index is 0.162. The van der Waals surface area contributed by atoms with E-state index < -0.39 is 0 Å². The minimum Gasteiger partial charge on any atom is -0.388 e. The molecule has 92 valence electrons. The molecule has 0 bridgehead atoms. The second kappa shape index (κ2) is 5.96. The number of hydrogen-bond acceptors (Lipinski definition) is 3. The van der Waals surface area contributed by atoms with Crippen LogP contribution in [0, 0.1) is 0 Å². The highest BCUT2D eigenvalue weighted by Gasteiger charge is 2.16. The SMILES string of the molecule is CNc1ccc(C(=O)N2CCCSCC2)cc1. The van der Waals surface area contributed by atoms with Crippen LogP contribution < -0.4 is 5.32 Å². The second-order valence-electron chi connectivity index (χ2n) is 4.09. The summed E-state index contributed by atoms with van der Waals surface area (Å²) < 4.78 is 0. The maximum atomic E-state index is 12.2. The van der Waals surface area contributed by atoms with Crippen molar-refractivity contribution in [3.05, 3.63) is 29.8 Å². The highest BCUT2D eigenvalue weighted by molar-refractivity contribution is 7.99. The Bertz CT molecular complexity index is 370. The summed E-state index contributed by atoms with van der Waals surface area (Å²) in [6.45, 7) is 1.76. The quantitative estimate of drug-likeness (QED) is 0.874. The Morgan fingerprint density at radius 1 is 1.24 bits per heavy atom. The van der Waals surface area contributed by atoms with Crippen molar-refractivity contribution in [2.24, 2.45) is 0 Å². The third-order valence-corrected chi connectivity index (χ3v) is 3.98. The van der Waals surface area contributed by atoms with Gasteiger partial charge in [-0.1, -0.05) is 0 Å². The summed E-state index contributed by atoms with van der Waals surface area (Å²) in [6.07, 6.45) is 1.10. The van der Waals surface area contributed by atoms with Crippen molar-refractivity contribution in [1.82, 2.24) is 4.90 Å². The molecular weight excluding hydrogens is 232 g/mol. The summed E-state index contributed by atoms with van der Waals surface area (Å²) in [5, 5.41) is 3.05. The molecule has 1 fully saturated rings. The van der Waals surface area contributed by atoms with Gasteiger partial charge in [-0.15, -0.1) is 0 Å². The molecule has 0 aliphatic carbocycles. The average Bonchev–Trinajstić information content (AvgIpc) is 2.67. The van der Waals surface area contributed by atoms with Crippen LogP contribution in [0.2, 0.25) is 0 Å². The van der Waals surface area contributed by atoms with Crippen LogP contribution in [0.3, 0.4) is 0 Å². The van der Waals surface area contributed by atoms with Crippen LogP contribution in [-0.4, -0.2) is 42.4 Å². The second-order valence-corrected chi connectivity index (χ2v) is 5.31. The molecule has 0 saturated carbocycles. The Morgan fingerprint density at radius 2 is 2.00 bits per heavy atom. The summed E-state index contributed by atoms with van der Waals surface area (Å²) in [5.41, 5.74) is 1.82. The number of benzene rings is 1. The van der Waals surface area contributed by atoms with E-state index in [9.17, 15) is 4.79 Å². The van der Waals surface area contributed by atoms with E-state index in [0.29, 0.717) is 0 Å². The number of hydrogen-bond donors (Lipinski definition) is 1. The molecule has 1 N–H and O–H groups in total. The van der Waals surface area contributed by atoms with Gasteiger partial charge in [-0.05, 0) is 36.4 Å². The standard InChI is InChI=1S/C13H18N2OS/c1-14-12-5-3-11(4-6-12)13(16)15-7-2-9-17-10-8-15/h3-6,14H,2,7-10H2,1H3. The molecule has 0 unspecified atom stereocenters. The molecule has 17 heavy (non-hydrogen) atoms. The number of carbonyl (C=O) groups is 1. The molecule has 1 aromatic carbocycles. The molecule has 0 spiro atoms. The molecule has 3 nitrogen and oxygen atoms in total. The van der Waals surface area contributed by atoms with Crippen LogP contribution in [0.15, 0.2) is 24.3 Å². The summed E-state index contributed by atoms with van der Waals surface area (Å²) in [4.78, 5) is 14.2. The first-order valence-electron chi connectivity index (χ1n) is 5.96. The van der Waals surface area contributed by atoms with Gasteiger partial charge in [0, 0.05) is 37.1 Å². The summed E-state index contributed by atoms with van der Waals surface area (Å²) >= 11 is 1.93. The first-order valence-corrected chi connectivity index (χ1v) is 7.11. The first-order chi connectivity index (χ1) is 8.31. The average molecular weight is 250 g/mol. The Kier molecular flexibility index (Phi) is 4.31. The molecule has 1 aliphatic rings. The van der Waals surface area contributed by atoms with Gasteiger partial charge in [0.1, 0.15) is 0 Å². The van der Waals surface area contributed by atoms with Gasteiger partial charge in [0.15, 0.2) is 0 Å². The Balaban J connectivity index is 2.06. The number of nitrogens with one attached hydrogen (secondary N) is 1. The van der Waals surface area contributed by atoms with E-state index in [1.165, 1.54) is 5.75 Å². The van der Waals surface area contributed by atoms with Crippen LogP contribution in [0.5, 0.6) is 0 Å². The van der Waals surface area contributed by atoms with Crippen LogP contribution in [0.25, 0.3) is 0 Å². The van der Waals surface area contributed by atoms with E-state index in [0.717, 1.165) is 36.5 Å². The van der Waals surface area contributed by atoms with Gasteiger partial charge in [0.05, 0.1) is 0 Å². The Hall–Kier alpha value is -1.16. The van der Waals surface area contributed by atoms with Crippen molar-refractivity contribution in [2.75, 3.05) is 37.0 Å². The van der Waals surface area contributed by atoms with E-state index >= 15 is 0 Å². The third kappa shape index (κ3) is 3.16. The lowest BCUT2D eigenvalue weighted by Crippen LogP contribution is -2.32. The fourth-order valence-corrected chi connectivity index (χ4v) is 2.80. The predicted molar refractivity (Wildman–Crippen MR) is 73.8 cm³/mol. The van der Waals surface area contributed by atoms with Crippen molar-refractivity contribution in [1.29, 1.82) is 0 Å². The largest absolute Gasteiger partial charge is 0.388 e. The molecule has 4 heteroatoms. The first kappa shape index (κ1) is 12.3. The van der Waals surface area contributed by atoms with E-state index in [1.807, 2.05) is 48.0 Å². The topological polar surface area (TPSA) is 32.3 Å². The fourth-order valence-electron chi connectivity index (χ4n) is 1.91. The number of carbonyl (C=O) groups excluding carboxylic acids is 1. The Labute approximate surface area is 107 Å². The lowest BCUT2D eigenvalue weighted by Gasteiger charge is -2.20. The van der Waals surface area contributed by atoms with Crippen LogP contribution in [-0.2, 0) is 0 Å². The highest BCUT2D eigenvalue weighted by atomic mass is 32.2. The fraction of sp³-hybridized carbons (Fsp3) is 0.462. The lowest BCUT2D eigenvalue weighted by molar-refractivity contribution is 0.0768. The van der Waals surface area contributed by atoms with E-state index in [1.54, 1.807) is 0 Å². The molecule has 1 aliphatic heterocycles. The van der Waals surface area contributed by atoms with Crippen molar-refractivity contribution in [3.8, 4) is 0 Å². The number of thioether (sulfide) groups is 1. The number of amides is 1. The zero-order valence-electron chi connectivity index (χ0n) is 10.1. The van der Waals surface area contributed by atoms with E-state index in [-0.39, 0.29) is 5.91 Å². The summed E-state index contributed by atoms with van der Waals surface area (Å²) in [7, 11) is 1.88. The van der Waals surface area contributed by atoms with E-state index in [4.69, 9.17) is 0 Å². The van der Waals surface area contributed by atoms with Gasteiger partial charge >= 0.3 is 0 Å². The molecule has 0 radical (unpaired) electrons. The van der Waals surface area contributed by atoms with E-state index in [2.05, 4.69) is 5.32 Å².